The van der Waals surface area contributed by atoms with Gasteiger partial charge in [0.25, 0.3) is 0 Å². The van der Waals surface area contributed by atoms with Gasteiger partial charge in [0.1, 0.15) is 5.75 Å². The molecule has 0 spiro atoms. The molecule has 0 aliphatic carbocycles. The molecule has 0 aromatic heterocycles. The smallest absolute Gasteiger partial charge is 0.119 e. The molecule has 0 aliphatic rings. The monoisotopic (exact) mass is 235 g/mol. The zero-order chi connectivity index (χ0) is 12.5. The second-order valence-electron chi connectivity index (χ2n) is 4.18. The Bertz CT molecular complexity index is 304. The quantitative estimate of drug-likeness (QED) is 0.680. The summed E-state index contributed by atoms with van der Waals surface area (Å²) in [6.07, 6.45) is 4.84. The zero-order valence-corrected chi connectivity index (χ0v) is 10.7. The maximum Gasteiger partial charge on any atom is 0.119 e. The van der Waals surface area contributed by atoms with Crippen molar-refractivity contribution in [2.45, 2.75) is 45.7 Å². The van der Waals surface area contributed by atoms with Gasteiger partial charge in [-0.3, -0.25) is 0 Å². The van der Waals surface area contributed by atoms with Gasteiger partial charge >= 0.3 is 0 Å². The fourth-order valence-corrected chi connectivity index (χ4v) is 1.69. The van der Waals surface area contributed by atoms with Gasteiger partial charge in [-0.05, 0) is 35.7 Å². The van der Waals surface area contributed by atoms with Gasteiger partial charge in [0.05, 0.1) is 6.61 Å². The second kappa shape index (κ2) is 8.09. The Balaban J connectivity index is 2.46. The first-order valence-corrected chi connectivity index (χ1v) is 6.38. The molecule has 17 heavy (non-hydrogen) atoms. The van der Waals surface area contributed by atoms with E-state index in [2.05, 4.69) is 13.0 Å². The molecular weight excluding hydrogens is 212 g/mol. The fourth-order valence-electron chi connectivity index (χ4n) is 1.69. The van der Waals surface area contributed by atoms with Crippen LogP contribution < -0.4 is 16.2 Å². The summed E-state index contributed by atoms with van der Waals surface area (Å²) in [5.74, 6) is 0.862. The highest BCUT2D eigenvalue weighted by Crippen LogP contribution is 2.17. The van der Waals surface area contributed by atoms with E-state index >= 15 is 0 Å². The lowest BCUT2D eigenvalue weighted by Crippen LogP contribution is -2.04. The van der Waals surface area contributed by atoms with Crippen LogP contribution in [0, 0.1) is 6.07 Å². The van der Waals surface area contributed by atoms with Gasteiger partial charge in [0.2, 0.25) is 0 Å². The molecule has 1 aromatic rings. The van der Waals surface area contributed by atoms with Gasteiger partial charge in [-0.25, -0.2) is 0 Å². The normalized spacial score (nSPS) is 10.5. The molecule has 1 rings (SSSR count). The number of nitrogens with two attached hydrogens (primary N) is 2. The van der Waals surface area contributed by atoms with Crippen molar-refractivity contribution in [1.29, 1.82) is 0 Å². The van der Waals surface area contributed by atoms with Gasteiger partial charge in [0.15, 0.2) is 0 Å². The van der Waals surface area contributed by atoms with E-state index in [-0.39, 0.29) is 0 Å². The maximum absolute atomic E-state index is 5.71. The highest BCUT2D eigenvalue weighted by Gasteiger charge is 2.01. The number of hydrogen-bond acceptors (Lipinski definition) is 3. The largest absolute Gasteiger partial charge is 0.494 e. The summed E-state index contributed by atoms with van der Waals surface area (Å²) in [7, 11) is 0. The summed E-state index contributed by atoms with van der Waals surface area (Å²) in [6, 6.07) is 7.05. The SMILES string of the molecule is CCCCCCOc1cc(CN)[c]c(CN)c1. The first-order valence-electron chi connectivity index (χ1n) is 6.38. The van der Waals surface area contributed by atoms with Crippen molar-refractivity contribution in [2.24, 2.45) is 11.5 Å². The van der Waals surface area contributed by atoms with E-state index in [1.54, 1.807) is 0 Å². The highest BCUT2D eigenvalue weighted by atomic mass is 16.5. The average molecular weight is 235 g/mol. The van der Waals surface area contributed by atoms with Crippen LogP contribution in [0.5, 0.6) is 5.75 Å². The Hall–Kier alpha value is -1.06. The zero-order valence-electron chi connectivity index (χ0n) is 10.7. The molecule has 0 atom stereocenters. The number of ether oxygens (including phenoxy) is 1. The summed E-state index contributed by atoms with van der Waals surface area (Å²) in [5.41, 5.74) is 13.1. The third-order valence-electron chi connectivity index (χ3n) is 2.66. The average Bonchev–Trinajstić information content (AvgIpc) is 2.38. The van der Waals surface area contributed by atoms with Crippen LogP contribution >= 0.6 is 0 Å². The lowest BCUT2D eigenvalue weighted by molar-refractivity contribution is 0.304. The van der Waals surface area contributed by atoms with Gasteiger partial charge in [-0.1, -0.05) is 26.2 Å². The van der Waals surface area contributed by atoms with Gasteiger partial charge in [-0.15, -0.1) is 0 Å². The van der Waals surface area contributed by atoms with Crippen molar-refractivity contribution in [3.8, 4) is 5.75 Å². The minimum absolute atomic E-state index is 0.472. The van der Waals surface area contributed by atoms with Crippen molar-refractivity contribution in [3.05, 3.63) is 29.3 Å². The maximum atomic E-state index is 5.71. The van der Waals surface area contributed by atoms with Crippen LogP contribution in [0.2, 0.25) is 0 Å². The lowest BCUT2D eigenvalue weighted by Gasteiger charge is -2.09. The number of benzene rings is 1. The summed E-state index contributed by atoms with van der Waals surface area (Å²) in [4.78, 5) is 0. The van der Waals surface area contributed by atoms with Crippen molar-refractivity contribution in [2.75, 3.05) is 6.61 Å². The van der Waals surface area contributed by atoms with Crippen LogP contribution in [0.1, 0.15) is 43.7 Å². The highest BCUT2D eigenvalue weighted by molar-refractivity contribution is 5.33. The molecule has 0 bridgehead atoms. The molecule has 3 nitrogen and oxygen atoms in total. The Morgan fingerprint density at radius 2 is 1.71 bits per heavy atom. The predicted molar refractivity (Wildman–Crippen MR) is 70.7 cm³/mol. The molecule has 0 unspecified atom stereocenters. The van der Waals surface area contributed by atoms with Crippen LogP contribution in [-0.4, -0.2) is 6.61 Å². The predicted octanol–water partition coefficient (Wildman–Crippen LogP) is 2.36. The van der Waals surface area contributed by atoms with Crippen LogP contribution in [-0.2, 0) is 13.1 Å². The van der Waals surface area contributed by atoms with Crippen molar-refractivity contribution < 1.29 is 4.74 Å². The Morgan fingerprint density at radius 3 is 2.24 bits per heavy atom. The molecule has 3 heteroatoms. The van der Waals surface area contributed by atoms with E-state index in [0.717, 1.165) is 29.9 Å². The third-order valence-corrected chi connectivity index (χ3v) is 2.66. The first kappa shape index (κ1) is 14.0. The lowest BCUT2D eigenvalue weighted by atomic mass is 10.1. The molecule has 0 heterocycles. The molecule has 0 saturated carbocycles. The topological polar surface area (TPSA) is 61.3 Å². The number of rotatable bonds is 8. The van der Waals surface area contributed by atoms with Crippen LogP contribution in [0.25, 0.3) is 0 Å². The van der Waals surface area contributed by atoms with Crippen LogP contribution in [0.15, 0.2) is 12.1 Å². The molecular formula is C14H23N2O. The Morgan fingerprint density at radius 1 is 1.06 bits per heavy atom. The van der Waals surface area contributed by atoms with Crippen molar-refractivity contribution in [1.82, 2.24) is 0 Å². The first-order chi connectivity index (χ1) is 8.30. The van der Waals surface area contributed by atoms with E-state index in [1.807, 2.05) is 12.1 Å². The van der Waals surface area contributed by atoms with Gasteiger partial charge in [0, 0.05) is 13.1 Å². The molecule has 0 saturated heterocycles. The molecule has 0 aliphatic heterocycles. The standard InChI is InChI=1S/C14H23N2O/c1-2-3-4-5-6-17-14-8-12(10-15)7-13(9-14)11-16/h8-9H,2-6,10-11,15-16H2,1H3. The fraction of sp³-hybridized carbons (Fsp3) is 0.571. The minimum atomic E-state index is 0.472. The van der Waals surface area contributed by atoms with E-state index in [9.17, 15) is 0 Å². The molecule has 4 N–H and O–H groups in total. The number of hydrogen-bond donors (Lipinski definition) is 2. The van der Waals surface area contributed by atoms with E-state index < -0.39 is 0 Å². The minimum Gasteiger partial charge on any atom is -0.494 e. The van der Waals surface area contributed by atoms with Crippen molar-refractivity contribution in [3.63, 3.8) is 0 Å². The molecule has 1 radical (unpaired) electrons. The van der Waals surface area contributed by atoms with E-state index in [4.69, 9.17) is 16.2 Å². The third kappa shape index (κ3) is 5.20. The summed E-state index contributed by atoms with van der Waals surface area (Å²) >= 11 is 0. The van der Waals surface area contributed by atoms with E-state index in [0.29, 0.717) is 13.1 Å². The Kier molecular flexibility index (Phi) is 6.67. The molecule has 0 fully saturated rings. The molecule has 0 amide bonds. The molecule has 1 aromatic carbocycles. The Labute approximate surface area is 104 Å². The van der Waals surface area contributed by atoms with Gasteiger partial charge in [-0.2, -0.15) is 0 Å². The summed E-state index contributed by atoms with van der Waals surface area (Å²) in [5, 5.41) is 0. The summed E-state index contributed by atoms with van der Waals surface area (Å²) < 4.78 is 5.71. The van der Waals surface area contributed by atoms with Gasteiger partial charge < -0.3 is 16.2 Å². The van der Waals surface area contributed by atoms with E-state index in [1.165, 1.54) is 19.3 Å². The number of unbranched alkanes of at least 4 members (excludes halogenated alkanes) is 3. The second-order valence-corrected chi connectivity index (χ2v) is 4.18. The summed E-state index contributed by atoms with van der Waals surface area (Å²) in [6.45, 7) is 3.91. The molecule has 95 valence electrons. The van der Waals surface area contributed by atoms with Crippen LogP contribution in [0.4, 0.5) is 0 Å². The van der Waals surface area contributed by atoms with Crippen LogP contribution in [0.3, 0.4) is 0 Å². The van der Waals surface area contributed by atoms with Crippen molar-refractivity contribution >= 4 is 0 Å².